The number of nitrogens with two attached hydrogens (primary N) is 1. The van der Waals surface area contributed by atoms with E-state index in [-0.39, 0.29) is 5.91 Å². The molecule has 20 heavy (non-hydrogen) atoms. The molecule has 0 aliphatic heterocycles. The van der Waals surface area contributed by atoms with Crippen LogP contribution in [0.5, 0.6) is 0 Å². The Balaban J connectivity index is 2.03. The molecule has 3 N–H and O–H groups in total. The van der Waals surface area contributed by atoms with Crippen LogP contribution in [-0.2, 0) is 0 Å². The molecule has 104 valence electrons. The number of carbonyl (C=O) groups is 1. The van der Waals surface area contributed by atoms with Gasteiger partial charge in [0.1, 0.15) is 0 Å². The molecule has 2 aromatic carbocycles. The second-order valence-electron chi connectivity index (χ2n) is 4.99. The first kappa shape index (κ1) is 14.3. The van der Waals surface area contributed by atoms with E-state index in [0.717, 1.165) is 11.1 Å². The van der Waals surface area contributed by atoms with Crippen LogP contribution in [0.2, 0.25) is 0 Å². The second kappa shape index (κ2) is 6.87. The Morgan fingerprint density at radius 2 is 1.65 bits per heavy atom. The maximum atomic E-state index is 12.0. The van der Waals surface area contributed by atoms with Gasteiger partial charge in [0.05, 0.1) is 0 Å². The summed E-state index contributed by atoms with van der Waals surface area (Å²) in [7, 11) is 0. The number of rotatable bonds is 5. The fourth-order valence-electron chi connectivity index (χ4n) is 1.90. The lowest BCUT2D eigenvalue weighted by Gasteiger charge is -2.10. The molecule has 2 aromatic rings. The van der Waals surface area contributed by atoms with E-state index in [1.807, 2.05) is 49.4 Å². The van der Waals surface area contributed by atoms with Crippen LogP contribution in [0.15, 0.2) is 54.6 Å². The van der Waals surface area contributed by atoms with Crippen molar-refractivity contribution in [3.8, 4) is 11.1 Å². The van der Waals surface area contributed by atoms with Crippen LogP contribution >= 0.6 is 0 Å². The van der Waals surface area contributed by atoms with Gasteiger partial charge in [0, 0.05) is 12.1 Å². The van der Waals surface area contributed by atoms with Crippen LogP contribution < -0.4 is 11.1 Å². The molecule has 0 saturated heterocycles. The van der Waals surface area contributed by atoms with Gasteiger partial charge in [0.15, 0.2) is 0 Å². The van der Waals surface area contributed by atoms with Gasteiger partial charge in [0.25, 0.3) is 5.91 Å². The lowest BCUT2D eigenvalue weighted by atomic mass is 10.0. The van der Waals surface area contributed by atoms with Gasteiger partial charge in [-0.15, -0.1) is 0 Å². The van der Waals surface area contributed by atoms with E-state index in [4.69, 9.17) is 5.73 Å². The summed E-state index contributed by atoms with van der Waals surface area (Å²) in [6, 6.07) is 17.7. The average molecular weight is 268 g/mol. The summed E-state index contributed by atoms with van der Waals surface area (Å²) >= 11 is 0. The van der Waals surface area contributed by atoms with Crippen molar-refractivity contribution in [2.75, 3.05) is 13.1 Å². The molecule has 0 saturated carbocycles. The molecule has 3 nitrogen and oxygen atoms in total. The van der Waals surface area contributed by atoms with Crippen LogP contribution in [0, 0.1) is 5.92 Å². The van der Waals surface area contributed by atoms with E-state index in [2.05, 4.69) is 17.4 Å². The molecule has 0 fully saturated rings. The Bertz CT molecular complexity index is 549. The summed E-state index contributed by atoms with van der Waals surface area (Å²) in [4.78, 5) is 12.0. The predicted molar refractivity (Wildman–Crippen MR) is 82.4 cm³/mol. The number of benzene rings is 2. The Hall–Kier alpha value is -2.13. The number of hydrogen-bond donors (Lipinski definition) is 2. The van der Waals surface area contributed by atoms with E-state index in [1.54, 1.807) is 0 Å². The van der Waals surface area contributed by atoms with Crippen molar-refractivity contribution in [2.45, 2.75) is 6.92 Å². The molecular formula is C17H20N2O. The highest BCUT2D eigenvalue weighted by Gasteiger charge is 2.07. The first-order chi connectivity index (χ1) is 9.70. The van der Waals surface area contributed by atoms with Crippen molar-refractivity contribution < 1.29 is 4.79 Å². The SMILES string of the molecule is CC(CN)CNC(=O)c1ccc(-c2ccccc2)cc1. The van der Waals surface area contributed by atoms with Gasteiger partial charge in [-0.1, -0.05) is 49.4 Å². The molecule has 0 radical (unpaired) electrons. The van der Waals surface area contributed by atoms with Gasteiger partial charge in [-0.25, -0.2) is 0 Å². The Morgan fingerprint density at radius 1 is 1.05 bits per heavy atom. The van der Waals surface area contributed by atoms with Crippen molar-refractivity contribution in [1.82, 2.24) is 5.32 Å². The van der Waals surface area contributed by atoms with Crippen molar-refractivity contribution in [3.63, 3.8) is 0 Å². The fourth-order valence-corrected chi connectivity index (χ4v) is 1.90. The quantitative estimate of drug-likeness (QED) is 0.876. The monoisotopic (exact) mass is 268 g/mol. The Morgan fingerprint density at radius 3 is 2.25 bits per heavy atom. The summed E-state index contributed by atoms with van der Waals surface area (Å²) in [6.07, 6.45) is 0. The highest BCUT2D eigenvalue weighted by atomic mass is 16.1. The first-order valence-corrected chi connectivity index (χ1v) is 6.84. The zero-order valence-electron chi connectivity index (χ0n) is 11.7. The standard InChI is InChI=1S/C17H20N2O/c1-13(11-18)12-19-17(20)16-9-7-15(8-10-16)14-5-3-2-4-6-14/h2-10,13H,11-12,18H2,1H3,(H,19,20). The topological polar surface area (TPSA) is 55.1 Å². The van der Waals surface area contributed by atoms with Crippen LogP contribution in [0.4, 0.5) is 0 Å². The molecular weight excluding hydrogens is 248 g/mol. The van der Waals surface area contributed by atoms with Crippen molar-refractivity contribution in [1.29, 1.82) is 0 Å². The van der Waals surface area contributed by atoms with Crippen LogP contribution in [0.3, 0.4) is 0 Å². The molecule has 2 rings (SSSR count). The van der Waals surface area contributed by atoms with E-state index in [1.165, 1.54) is 0 Å². The molecule has 0 aliphatic carbocycles. The van der Waals surface area contributed by atoms with E-state index >= 15 is 0 Å². The van der Waals surface area contributed by atoms with Gasteiger partial charge < -0.3 is 11.1 Å². The molecule has 0 heterocycles. The minimum Gasteiger partial charge on any atom is -0.352 e. The second-order valence-corrected chi connectivity index (χ2v) is 4.99. The van der Waals surface area contributed by atoms with Crippen LogP contribution in [0.25, 0.3) is 11.1 Å². The number of amides is 1. The average Bonchev–Trinajstić information content (AvgIpc) is 2.53. The van der Waals surface area contributed by atoms with Gasteiger partial charge in [-0.2, -0.15) is 0 Å². The van der Waals surface area contributed by atoms with Gasteiger partial charge in [-0.3, -0.25) is 4.79 Å². The largest absolute Gasteiger partial charge is 0.352 e. The molecule has 0 aliphatic rings. The van der Waals surface area contributed by atoms with Crippen molar-refractivity contribution >= 4 is 5.91 Å². The van der Waals surface area contributed by atoms with Crippen LogP contribution in [-0.4, -0.2) is 19.0 Å². The third-order valence-corrected chi connectivity index (χ3v) is 3.27. The Labute approximate surface area is 119 Å². The molecule has 0 aromatic heterocycles. The molecule has 1 amide bonds. The van der Waals surface area contributed by atoms with E-state index in [0.29, 0.717) is 24.6 Å². The van der Waals surface area contributed by atoms with Gasteiger partial charge in [-0.05, 0) is 35.7 Å². The summed E-state index contributed by atoms with van der Waals surface area (Å²) in [5.41, 5.74) is 8.46. The summed E-state index contributed by atoms with van der Waals surface area (Å²) < 4.78 is 0. The molecule has 1 atom stereocenters. The molecule has 3 heteroatoms. The van der Waals surface area contributed by atoms with Crippen molar-refractivity contribution in [2.24, 2.45) is 11.7 Å². The predicted octanol–water partition coefficient (Wildman–Crippen LogP) is 2.68. The van der Waals surface area contributed by atoms with Gasteiger partial charge in [0.2, 0.25) is 0 Å². The summed E-state index contributed by atoms with van der Waals surface area (Å²) in [5.74, 6) is 0.243. The normalized spacial score (nSPS) is 11.9. The zero-order chi connectivity index (χ0) is 14.4. The third-order valence-electron chi connectivity index (χ3n) is 3.27. The van der Waals surface area contributed by atoms with Crippen LogP contribution in [0.1, 0.15) is 17.3 Å². The molecule has 0 bridgehead atoms. The molecule has 1 unspecified atom stereocenters. The lowest BCUT2D eigenvalue weighted by Crippen LogP contribution is -2.31. The minimum atomic E-state index is -0.0510. The fraction of sp³-hybridized carbons (Fsp3) is 0.235. The zero-order valence-corrected chi connectivity index (χ0v) is 11.7. The number of hydrogen-bond acceptors (Lipinski definition) is 2. The third kappa shape index (κ3) is 3.68. The minimum absolute atomic E-state index is 0.0510. The number of carbonyl (C=O) groups excluding carboxylic acids is 1. The molecule has 0 spiro atoms. The summed E-state index contributed by atoms with van der Waals surface area (Å²) in [5, 5.41) is 2.89. The highest BCUT2D eigenvalue weighted by molar-refractivity contribution is 5.94. The highest BCUT2D eigenvalue weighted by Crippen LogP contribution is 2.19. The van der Waals surface area contributed by atoms with Crippen molar-refractivity contribution in [3.05, 3.63) is 60.2 Å². The Kier molecular flexibility index (Phi) is 4.91. The maximum absolute atomic E-state index is 12.0. The van der Waals surface area contributed by atoms with E-state index < -0.39 is 0 Å². The number of nitrogens with one attached hydrogen (secondary N) is 1. The smallest absolute Gasteiger partial charge is 0.251 e. The van der Waals surface area contributed by atoms with Gasteiger partial charge >= 0.3 is 0 Å². The maximum Gasteiger partial charge on any atom is 0.251 e. The first-order valence-electron chi connectivity index (χ1n) is 6.84. The lowest BCUT2D eigenvalue weighted by molar-refractivity contribution is 0.0948. The summed E-state index contributed by atoms with van der Waals surface area (Å²) in [6.45, 7) is 3.20. The van der Waals surface area contributed by atoms with E-state index in [9.17, 15) is 4.79 Å².